The zero-order valence-electron chi connectivity index (χ0n) is 10.5. The summed E-state index contributed by atoms with van der Waals surface area (Å²) in [7, 11) is 0. The van der Waals surface area contributed by atoms with Crippen LogP contribution < -0.4 is 5.32 Å². The molecule has 1 aromatic heterocycles. The number of carbonyl (C=O) groups excluding carboxylic acids is 1. The number of hydrogen-bond acceptors (Lipinski definition) is 4. The minimum Gasteiger partial charge on any atom is -0.375 e. The molecule has 1 aliphatic heterocycles. The average Bonchev–Trinajstić information content (AvgIpc) is 2.94. The number of carbonyl (C=O) groups is 1. The van der Waals surface area contributed by atoms with E-state index in [1.807, 2.05) is 13.0 Å². The number of anilines is 1. The Morgan fingerprint density at radius 2 is 2.21 bits per heavy atom. The number of rotatable bonds is 3. The van der Waals surface area contributed by atoms with Crippen LogP contribution in [0.25, 0.3) is 0 Å². The third kappa shape index (κ3) is 1.72. The second-order valence-electron chi connectivity index (χ2n) is 4.53. The van der Waals surface area contributed by atoms with Gasteiger partial charge in [-0.2, -0.15) is 5.10 Å². The monoisotopic (exact) mass is 258 g/mol. The molecule has 0 bridgehead atoms. The van der Waals surface area contributed by atoms with Gasteiger partial charge in [-0.05, 0) is 13.0 Å². The normalized spacial score (nSPS) is 21.3. The fourth-order valence-corrected chi connectivity index (χ4v) is 2.39. The van der Waals surface area contributed by atoms with Crippen LogP contribution in [0.4, 0.5) is 5.69 Å². The first-order valence-electron chi connectivity index (χ1n) is 6.15. The van der Waals surface area contributed by atoms with E-state index in [0.29, 0.717) is 23.6 Å². The van der Waals surface area contributed by atoms with Crippen LogP contribution in [-0.4, -0.2) is 25.8 Å². The molecule has 0 saturated heterocycles. The van der Waals surface area contributed by atoms with Gasteiger partial charge in [-0.3, -0.25) is 9.48 Å². The number of fused-ring (bicyclic) bond motifs is 1. The van der Waals surface area contributed by atoms with E-state index < -0.39 is 11.5 Å². The first kappa shape index (κ1) is 11.9. The maximum absolute atomic E-state index is 12.1. The third-order valence-electron chi connectivity index (χ3n) is 3.41. The summed E-state index contributed by atoms with van der Waals surface area (Å²) in [5.74, 6) is 0.177. The Labute approximate surface area is 110 Å². The first-order chi connectivity index (χ1) is 9.15. The van der Waals surface area contributed by atoms with E-state index in [1.165, 1.54) is 6.33 Å². The van der Waals surface area contributed by atoms with Gasteiger partial charge in [0.05, 0.1) is 0 Å². The van der Waals surface area contributed by atoms with Crippen molar-refractivity contribution in [1.29, 1.82) is 0 Å². The van der Waals surface area contributed by atoms with Crippen molar-refractivity contribution in [3.8, 4) is 0 Å². The fourth-order valence-electron chi connectivity index (χ4n) is 2.39. The second-order valence-corrected chi connectivity index (χ2v) is 4.53. The minimum atomic E-state index is -1.57. The van der Waals surface area contributed by atoms with Crippen molar-refractivity contribution in [3.63, 3.8) is 0 Å². The van der Waals surface area contributed by atoms with E-state index in [1.54, 1.807) is 22.9 Å². The van der Waals surface area contributed by atoms with Crippen LogP contribution in [0.5, 0.6) is 0 Å². The lowest BCUT2D eigenvalue weighted by Gasteiger charge is -2.20. The number of amides is 1. The van der Waals surface area contributed by atoms with Gasteiger partial charge < -0.3 is 10.4 Å². The quantitative estimate of drug-likeness (QED) is 0.848. The van der Waals surface area contributed by atoms with E-state index in [4.69, 9.17) is 0 Å². The predicted octanol–water partition coefficient (Wildman–Crippen LogP) is 0.680. The maximum Gasteiger partial charge on any atom is 0.261 e. The first-order valence-corrected chi connectivity index (χ1v) is 6.15. The third-order valence-corrected chi connectivity index (χ3v) is 3.41. The largest absolute Gasteiger partial charge is 0.375 e. The van der Waals surface area contributed by atoms with Crippen LogP contribution in [0.1, 0.15) is 18.3 Å². The Kier molecular flexibility index (Phi) is 2.60. The maximum atomic E-state index is 12.1. The van der Waals surface area contributed by atoms with Gasteiger partial charge in [0.15, 0.2) is 5.60 Å². The fraction of sp³-hybridized carbons (Fsp3) is 0.308. The number of nitrogens with one attached hydrogen (secondary N) is 1. The van der Waals surface area contributed by atoms with Crippen LogP contribution >= 0.6 is 0 Å². The van der Waals surface area contributed by atoms with Crippen LogP contribution in [0.15, 0.2) is 30.6 Å². The molecule has 19 heavy (non-hydrogen) atoms. The molecule has 0 radical (unpaired) electrons. The minimum absolute atomic E-state index is 0.115. The molecule has 2 N–H and O–H groups in total. The number of aryl methyl sites for hydroxylation is 1. The van der Waals surface area contributed by atoms with Gasteiger partial charge in [0, 0.05) is 24.2 Å². The zero-order chi connectivity index (χ0) is 13.5. The average molecular weight is 258 g/mol. The van der Waals surface area contributed by atoms with E-state index in [9.17, 15) is 9.90 Å². The lowest BCUT2D eigenvalue weighted by atomic mass is 9.91. The SMILES string of the molecule is CCn1ncnc1CC1(O)C(=O)Nc2ccccc21. The highest BCUT2D eigenvalue weighted by Gasteiger charge is 2.46. The molecule has 2 aromatic rings. The summed E-state index contributed by atoms with van der Waals surface area (Å²) in [6.45, 7) is 2.58. The number of para-hydroxylation sites is 1. The van der Waals surface area contributed by atoms with Crippen LogP contribution in [-0.2, 0) is 23.4 Å². The van der Waals surface area contributed by atoms with Gasteiger partial charge in [-0.1, -0.05) is 18.2 Å². The van der Waals surface area contributed by atoms with Gasteiger partial charge in [0.25, 0.3) is 5.91 Å². The molecule has 6 heteroatoms. The summed E-state index contributed by atoms with van der Waals surface area (Å²) < 4.78 is 1.67. The molecule has 2 heterocycles. The summed E-state index contributed by atoms with van der Waals surface area (Å²) in [4.78, 5) is 16.2. The number of aliphatic hydroxyl groups is 1. The molecule has 1 unspecified atom stereocenters. The lowest BCUT2D eigenvalue weighted by Crippen LogP contribution is -2.37. The van der Waals surface area contributed by atoms with Crippen molar-refractivity contribution in [2.45, 2.75) is 25.5 Å². The Bertz CT molecular complexity index is 637. The second kappa shape index (κ2) is 4.17. The smallest absolute Gasteiger partial charge is 0.261 e. The van der Waals surface area contributed by atoms with Crippen molar-refractivity contribution in [2.75, 3.05) is 5.32 Å². The van der Waals surface area contributed by atoms with E-state index in [2.05, 4.69) is 15.4 Å². The Morgan fingerprint density at radius 3 is 3.00 bits per heavy atom. The molecule has 1 amide bonds. The highest BCUT2D eigenvalue weighted by molar-refractivity contribution is 6.04. The van der Waals surface area contributed by atoms with Crippen LogP contribution in [0.2, 0.25) is 0 Å². The number of aromatic nitrogens is 3. The molecular weight excluding hydrogens is 244 g/mol. The number of nitrogens with zero attached hydrogens (tertiary/aromatic N) is 3. The Balaban J connectivity index is 2.02. The molecule has 0 fully saturated rings. The number of hydrogen-bond donors (Lipinski definition) is 2. The molecule has 1 atom stereocenters. The van der Waals surface area contributed by atoms with Crippen LogP contribution in [0, 0.1) is 0 Å². The zero-order valence-corrected chi connectivity index (χ0v) is 10.5. The summed E-state index contributed by atoms with van der Waals surface area (Å²) >= 11 is 0. The van der Waals surface area contributed by atoms with Gasteiger partial charge in [-0.15, -0.1) is 0 Å². The Hall–Kier alpha value is -2.21. The molecule has 6 nitrogen and oxygen atoms in total. The molecule has 0 spiro atoms. The van der Waals surface area contributed by atoms with Gasteiger partial charge in [0.2, 0.25) is 0 Å². The highest BCUT2D eigenvalue weighted by Crippen LogP contribution is 2.37. The summed E-state index contributed by atoms with van der Waals surface area (Å²) in [5, 5.41) is 17.5. The van der Waals surface area contributed by atoms with Crippen molar-refractivity contribution in [1.82, 2.24) is 14.8 Å². The van der Waals surface area contributed by atoms with Gasteiger partial charge >= 0.3 is 0 Å². The molecule has 98 valence electrons. The topological polar surface area (TPSA) is 80.0 Å². The summed E-state index contributed by atoms with van der Waals surface area (Å²) in [5.41, 5.74) is -0.334. The summed E-state index contributed by atoms with van der Waals surface area (Å²) in [6, 6.07) is 7.14. The highest BCUT2D eigenvalue weighted by atomic mass is 16.3. The van der Waals surface area contributed by atoms with Gasteiger partial charge in [0.1, 0.15) is 12.2 Å². The molecule has 0 aliphatic carbocycles. The lowest BCUT2D eigenvalue weighted by molar-refractivity contribution is -0.133. The molecule has 1 aliphatic rings. The van der Waals surface area contributed by atoms with E-state index in [-0.39, 0.29) is 6.42 Å². The Morgan fingerprint density at radius 1 is 1.42 bits per heavy atom. The standard InChI is InChI=1S/C13H14N4O2/c1-2-17-11(14-8-15-17)7-13(19)9-5-3-4-6-10(9)16-12(13)18/h3-6,8,19H,2,7H2,1H3,(H,16,18). The molecular formula is C13H14N4O2. The van der Waals surface area contributed by atoms with Crippen molar-refractivity contribution in [2.24, 2.45) is 0 Å². The predicted molar refractivity (Wildman–Crippen MR) is 68.4 cm³/mol. The van der Waals surface area contributed by atoms with Crippen molar-refractivity contribution >= 4 is 11.6 Å². The van der Waals surface area contributed by atoms with Crippen molar-refractivity contribution < 1.29 is 9.90 Å². The van der Waals surface area contributed by atoms with Crippen molar-refractivity contribution in [3.05, 3.63) is 42.0 Å². The summed E-state index contributed by atoms with van der Waals surface area (Å²) in [6.07, 6.45) is 1.55. The number of benzene rings is 1. The van der Waals surface area contributed by atoms with Crippen LogP contribution in [0.3, 0.4) is 0 Å². The molecule has 3 rings (SSSR count). The van der Waals surface area contributed by atoms with Gasteiger partial charge in [-0.25, -0.2) is 4.98 Å². The molecule has 1 aromatic carbocycles. The van der Waals surface area contributed by atoms with E-state index >= 15 is 0 Å². The molecule has 0 saturated carbocycles. The van der Waals surface area contributed by atoms with E-state index in [0.717, 1.165) is 0 Å².